The summed E-state index contributed by atoms with van der Waals surface area (Å²) in [7, 11) is 0. The minimum absolute atomic E-state index is 0.341. The van der Waals surface area contributed by atoms with Gasteiger partial charge in [-0.25, -0.2) is 9.37 Å². The van der Waals surface area contributed by atoms with E-state index in [0.717, 1.165) is 22.4 Å². The summed E-state index contributed by atoms with van der Waals surface area (Å²) < 4.78 is 13.6. The molecule has 0 spiro atoms. The number of amides is 1. The molecule has 2 N–H and O–H groups in total. The maximum Gasteiger partial charge on any atom is 0.258 e. The number of carbonyl (C=O) groups is 1. The van der Waals surface area contributed by atoms with Crippen LogP contribution in [-0.2, 0) is 6.42 Å². The van der Waals surface area contributed by atoms with Crippen LogP contribution in [0.4, 0.5) is 4.39 Å². The third kappa shape index (κ3) is 2.96. The number of rotatable bonds is 4. The topological polar surface area (TPSA) is 62.2 Å². The Labute approximate surface area is 120 Å². The Hall–Kier alpha value is -1.95. The number of hydrogen-bond donors (Lipinski definition) is 2. The number of aryl methyl sites for hydroxylation is 1. The molecular weight excluding hydrogens is 279 g/mol. The van der Waals surface area contributed by atoms with Crippen molar-refractivity contribution in [3.05, 3.63) is 45.7 Å². The fourth-order valence-corrected chi connectivity index (χ4v) is 2.61. The molecule has 0 saturated carbocycles. The molecular formula is C14H15FN2O2S. The molecule has 1 unspecified atom stereocenters. The molecule has 1 aromatic heterocycles. The lowest BCUT2D eigenvalue weighted by Crippen LogP contribution is -2.27. The van der Waals surface area contributed by atoms with Crippen LogP contribution in [0.3, 0.4) is 0 Å². The lowest BCUT2D eigenvalue weighted by atomic mass is 10.1. The number of aromatic nitrogens is 1. The fraction of sp³-hybridized carbons (Fsp3) is 0.286. The quantitative estimate of drug-likeness (QED) is 0.911. The highest BCUT2D eigenvalue weighted by atomic mass is 32.1. The third-order valence-corrected chi connectivity index (χ3v) is 4.18. The first kappa shape index (κ1) is 14.5. The van der Waals surface area contributed by atoms with Crippen LogP contribution in [0, 0.1) is 5.82 Å². The van der Waals surface area contributed by atoms with E-state index in [2.05, 4.69) is 10.3 Å². The number of phenols is 1. The summed E-state index contributed by atoms with van der Waals surface area (Å²) >= 11 is 1.50. The summed E-state index contributed by atoms with van der Waals surface area (Å²) in [5.41, 5.74) is -0.341. The number of benzene rings is 1. The molecule has 1 amide bonds. The van der Waals surface area contributed by atoms with Crippen LogP contribution in [0.5, 0.6) is 5.75 Å². The number of aromatic hydroxyl groups is 1. The van der Waals surface area contributed by atoms with Crippen molar-refractivity contribution in [2.24, 2.45) is 0 Å². The van der Waals surface area contributed by atoms with Gasteiger partial charge in [0.05, 0.1) is 6.04 Å². The van der Waals surface area contributed by atoms with Crippen LogP contribution < -0.4 is 5.32 Å². The standard InChI is InChI=1S/C14H15FN2O2S/c1-3-9-7-16-14(20-9)8(2)17-13(19)12-10(15)5-4-6-11(12)18/h4-8,18H,3H2,1-2H3,(H,17,19). The molecule has 0 aliphatic carbocycles. The molecule has 0 radical (unpaired) electrons. The highest BCUT2D eigenvalue weighted by molar-refractivity contribution is 7.11. The van der Waals surface area contributed by atoms with Gasteiger partial charge in [-0.15, -0.1) is 11.3 Å². The predicted molar refractivity (Wildman–Crippen MR) is 75.4 cm³/mol. The SMILES string of the molecule is CCc1cnc(C(C)NC(=O)c2c(O)cccc2F)s1. The second-order valence-electron chi connectivity index (χ2n) is 4.35. The Balaban J connectivity index is 2.15. The second kappa shape index (κ2) is 6.00. The molecule has 1 aromatic carbocycles. The van der Waals surface area contributed by atoms with Crippen molar-refractivity contribution >= 4 is 17.2 Å². The van der Waals surface area contributed by atoms with Gasteiger partial charge in [-0.05, 0) is 25.5 Å². The first-order valence-electron chi connectivity index (χ1n) is 6.25. The van der Waals surface area contributed by atoms with Crippen molar-refractivity contribution < 1.29 is 14.3 Å². The Bertz CT molecular complexity index is 607. The summed E-state index contributed by atoms with van der Waals surface area (Å²) in [4.78, 5) is 17.4. The summed E-state index contributed by atoms with van der Waals surface area (Å²) in [6, 6.07) is 3.42. The van der Waals surface area contributed by atoms with E-state index in [1.807, 2.05) is 6.92 Å². The summed E-state index contributed by atoms with van der Waals surface area (Å²) in [6.45, 7) is 3.80. The van der Waals surface area contributed by atoms with Gasteiger partial charge in [-0.2, -0.15) is 0 Å². The van der Waals surface area contributed by atoms with Crippen molar-refractivity contribution in [3.8, 4) is 5.75 Å². The van der Waals surface area contributed by atoms with Gasteiger partial charge in [-0.3, -0.25) is 4.79 Å². The molecule has 2 rings (SSSR count). The minimum Gasteiger partial charge on any atom is -0.507 e. The number of halogens is 1. The van der Waals surface area contributed by atoms with Crippen molar-refractivity contribution in [2.75, 3.05) is 0 Å². The molecule has 4 nitrogen and oxygen atoms in total. The van der Waals surface area contributed by atoms with Crippen LogP contribution in [0.15, 0.2) is 24.4 Å². The zero-order chi connectivity index (χ0) is 14.7. The van der Waals surface area contributed by atoms with Gasteiger partial charge in [0.1, 0.15) is 22.1 Å². The average Bonchev–Trinajstić information content (AvgIpc) is 2.87. The number of hydrogen-bond acceptors (Lipinski definition) is 4. The van der Waals surface area contributed by atoms with Crippen LogP contribution >= 0.6 is 11.3 Å². The zero-order valence-corrected chi connectivity index (χ0v) is 12.0. The number of nitrogens with zero attached hydrogens (tertiary/aromatic N) is 1. The van der Waals surface area contributed by atoms with Crippen LogP contribution in [0.2, 0.25) is 0 Å². The van der Waals surface area contributed by atoms with Gasteiger partial charge in [0.25, 0.3) is 5.91 Å². The second-order valence-corrected chi connectivity index (χ2v) is 5.49. The monoisotopic (exact) mass is 294 g/mol. The van der Waals surface area contributed by atoms with Crippen LogP contribution in [0.1, 0.15) is 40.1 Å². The van der Waals surface area contributed by atoms with E-state index in [-0.39, 0.29) is 17.4 Å². The van der Waals surface area contributed by atoms with Gasteiger partial charge >= 0.3 is 0 Å². The molecule has 0 saturated heterocycles. The Morgan fingerprint density at radius 2 is 2.30 bits per heavy atom. The molecule has 0 aliphatic heterocycles. The van der Waals surface area contributed by atoms with E-state index in [1.165, 1.54) is 23.5 Å². The molecule has 1 atom stereocenters. The predicted octanol–water partition coefficient (Wildman–Crippen LogP) is 3.04. The van der Waals surface area contributed by atoms with Gasteiger partial charge < -0.3 is 10.4 Å². The number of phenolic OH excluding ortho intramolecular Hbond substituents is 1. The van der Waals surface area contributed by atoms with E-state index in [1.54, 1.807) is 13.1 Å². The fourth-order valence-electron chi connectivity index (χ4n) is 1.75. The third-order valence-electron chi connectivity index (χ3n) is 2.86. The average molecular weight is 294 g/mol. The van der Waals surface area contributed by atoms with E-state index < -0.39 is 11.7 Å². The van der Waals surface area contributed by atoms with Crippen LogP contribution in [-0.4, -0.2) is 16.0 Å². The molecule has 0 bridgehead atoms. The highest BCUT2D eigenvalue weighted by Crippen LogP contribution is 2.23. The van der Waals surface area contributed by atoms with Crippen molar-refractivity contribution in [3.63, 3.8) is 0 Å². The number of carbonyl (C=O) groups excluding carboxylic acids is 1. The molecule has 0 aliphatic rings. The Kier molecular flexibility index (Phi) is 4.34. The van der Waals surface area contributed by atoms with Gasteiger partial charge in [-0.1, -0.05) is 13.0 Å². The molecule has 0 fully saturated rings. The summed E-state index contributed by atoms with van der Waals surface area (Å²) in [5, 5.41) is 13.0. The first-order chi connectivity index (χ1) is 9.52. The van der Waals surface area contributed by atoms with Crippen LogP contribution in [0.25, 0.3) is 0 Å². The largest absolute Gasteiger partial charge is 0.507 e. The number of nitrogens with one attached hydrogen (secondary N) is 1. The summed E-state index contributed by atoms with van der Waals surface area (Å²) in [5.74, 6) is -1.77. The van der Waals surface area contributed by atoms with Gasteiger partial charge in [0, 0.05) is 11.1 Å². The normalized spacial score (nSPS) is 12.2. The molecule has 6 heteroatoms. The van der Waals surface area contributed by atoms with Crippen molar-refractivity contribution in [1.82, 2.24) is 10.3 Å². The Morgan fingerprint density at radius 3 is 2.90 bits per heavy atom. The number of thiazole rings is 1. The molecule has 1 heterocycles. The van der Waals surface area contributed by atoms with E-state index in [9.17, 15) is 14.3 Å². The van der Waals surface area contributed by atoms with Gasteiger partial charge in [0.15, 0.2) is 0 Å². The first-order valence-corrected chi connectivity index (χ1v) is 7.07. The summed E-state index contributed by atoms with van der Waals surface area (Å²) in [6.07, 6.45) is 2.65. The van der Waals surface area contributed by atoms with Gasteiger partial charge in [0.2, 0.25) is 0 Å². The molecule has 2 aromatic rings. The van der Waals surface area contributed by atoms with E-state index >= 15 is 0 Å². The zero-order valence-electron chi connectivity index (χ0n) is 11.2. The van der Waals surface area contributed by atoms with E-state index in [0.29, 0.717) is 0 Å². The Morgan fingerprint density at radius 1 is 1.55 bits per heavy atom. The lowest BCUT2D eigenvalue weighted by molar-refractivity contribution is 0.0933. The maximum absolute atomic E-state index is 13.6. The molecule has 106 valence electrons. The van der Waals surface area contributed by atoms with Crippen molar-refractivity contribution in [2.45, 2.75) is 26.3 Å². The maximum atomic E-state index is 13.6. The minimum atomic E-state index is -0.747. The lowest BCUT2D eigenvalue weighted by Gasteiger charge is -2.12. The highest BCUT2D eigenvalue weighted by Gasteiger charge is 2.20. The smallest absolute Gasteiger partial charge is 0.258 e. The molecule has 20 heavy (non-hydrogen) atoms. The van der Waals surface area contributed by atoms with E-state index in [4.69, 9.17) is 0 Å². The van der Waals surface area contributed by atoms with Crippen molar-refractivity contribution in [1.29, 1.82) is 0 Å².